The number of benzene rings is 3. The lowest BCUT2D eigenvalue weighted by Crippen LogP contribution is -2.49. The van der Waals surface area contributed by atoms with E-state index in [9.17, 15) is 18.8 Å². The van der Waals surface area contributed by atoms with Gasteiger partial charge in [-0.2, -0.15) is 0 Å². The first-order chi connectivity index (χ1) is 18.3. The second-order valence-electron chi connectivity index (χ2n) is 10.1. The first kappa shape index (κ1) is 25.6. The molecule has 0 aromatic heterocycles. The Hall–Kier alpha value is -4.04. The van der Waals surface area contributed by atoms with E-state index >= 15 is 0 Å². The number of nitrogens with one attached hydrogen (secondary N) is 2. The van der Waals surface area contributed by atoms with Crippen molar-refractivity contribution in [2.45, 2.75) is 57.2 Å². The Balaban J connectivity index is 1.55. The lowest BCUT2D eigenvalue weighted by molar-refractivity contribution is -0.116. The third-order valence-electron chi connectivity index (χ3n) is 7.36. The van der Waals surface area contributed by atoms with Gasteiger partial charge in [0.05, 0.1) is 23.8 Å². The van der Waals surface area contributed by atoms with Crippen LogP contribution in [0.4, 0.5) is 15.8 Å². The summed E-state index contributed by atoms with van der Waals surface area (Å²) in [6.07, 6.45) is 3.73. The fourth-order valence-corrected chi connectivity index (χ4v) is 5.33. The largest absolute Gasteiger partial charge is 0.348 e. The molecular formula is C30H31FN4O3. The molecular weight excluding hydrogens is 483 g/mol. The summed E-state index contributed by atoms with van der Waals surface area (Å²) >= 11 is 0. The van der Waals surface area contributed by atoms with Crippen molar-refractivity contribution in [3.63, 3.8) is 0 Å². The molecule has 1 fully saturated rings. The van der Waals surface area contributed by atoms with Crippen LogP contribution < -0.4 is 21.3 Å². The number of nitrogens with zero attached hydrogens (tertiary/aromatic N) is 1. The van der Waals surface area contributed by atoms with Crippen molar-refractivity contribution in [3.8, 4) is 0 Å². The molecule has 5 rings (SSSR count). The number of nitrogens with two attached hydrogens (primary N) is 1. The molecule has 38 heavy (non-hydrogen) atoms. The summed E-state index contributed by atoms with van der Waals surface area (Å²) in [6.45, 7) is 1.90. The molecule has 7 nitrogen and oxygen atoms in total. The molecule has 3 atom stereocenters. The maximum atomic E-state index is 14.0. The fraction of sp³-hybridized carbons (Fsp3) is 0.300. The van der Waals surface area contributed by atoms with Crippen LogP contribution in [0.25, 0.3) is 0 Å². The molecule has 3 amide bonds. The molecule has 0 spiro atoms. The predicted molar refractivity (Wildman–Crippen MR) is 145 cm³/mol. The molecule has 4 N–H and O–H groups in total. The van der Waals surface area contributed by atoms with Crippen LogP contribution in [-0.4, -0.2) is 29.8 Å². The highest BCUT2D eigenvalue weighted by Crippen LogP contribution is 2.40. The number of aryl methyl sites for hydroxylation is 1. The summed E-state index contributed by atoms with van der Waals surface area (Å²) in [6, 6.07) is 17.1. The van der Waals surface area contributed by atoms with Crippen LogP contribution in [-0.2, 0) is 4.79 Å². The predicted octanol–water partition coefficient (Wildman–Crippen LogP) is 4.86. The molecule has 1 saturated carbocycles. The minimum Gasteiger partial charge on any atom is -0.348 e. The minimum absolute atomic E-state index is 0.0314. The van der Waals surface area contributed by atoms with Gasteiger partial charge in [0.2, 0.25) is 5.91 Å². The number of halogens is 1. The number of anilines is 2. The third-order valence-corrected chi connectivity index (χ3v) is 7.36. The molecule has 3 aromatic carbocycles. The lowest BCUT2D eigenvalue weighted by Gasteiger charge is -2.31. The molecule has 1 aliphatic heterocycles. The van der Waals surface area contributed by atoms with Crippen LogP contribution in [0.3, 0.4) is 0 Å². The zero-order valence-electron chi connectivity index (χ0n) is 21.2. The maximum Gasteiger partial charge on any atom is 0.258 e. The minimum atomic E-state index is -0.676. The number of rotatable bonds is 4. The highest BCUT2D eigenvalue weighted by molar-refractivity contribution is 6.12. The Bertz CT molecular complexity index is 1370. The van der Waals surface area contributed by atoms with Crippen LogP contribution in [0.5, 0.6) is 0 Å². The van der Waals surface area contributed by atoms with Gasteiger partial charge in [-0.05, 0) is 67.8 Å². The van der Waals surface area contributed by atoms with Crippen molar-refractivity contribution in [2.24, 2.45) is 5.73 Å². The van der Waals surface area contributed by atoms with Crippen molar-refractivity contribution in [3.05, 3.63) is 94.8 Å². The smallest absolute Gasteiger partial charge is 0.258 e. The standard InChI is InChI=1S/C30H31FN4O3/c1-18-5-4-6-21(15-18)30(38)35-26-14-11-20(29(37)34-24-8-3-2-7-23(24)32)16-25(26)33-28(36)17-27(35)19-9-12-22(31)13-10-19/h4-6,9-16,23-24,27H,2-3,7-8,17,32H2,1H3,(H,33,36)(H,34,37). The number of hydrogen-bond acceptors (Lipinski definition) is 4. The molecule has 8 heteroatoms. The second-order valence-corrected chi connectivity index (χ2v) is 10.1. The van der Waals surface area contributed by atoms with Gasteiger partial charge in [-0.25, -0.2) is 4.39 Å². The Morgan fingerprint density at radius 1 is 1.00 bits per heavy atom. The number of fused-ring (bicyclic) bond motifs is 1. The summed E-state index contributed by atoms with van der Waals surface area (Å²) in [7, 11) is 0. The summed E-state index contributed by atoms with van der Waals surface area (Å²) < 4.78 is 13.7. The van der Waals surface area contributed by atoms with Crippen LogP contribution in [0.1, 0.15) is 70.0 Å². The van der Waals surface area contributed by atoms with Crippen molar-refractivity contribution in [1.29, 1.82) is 0 Å². The zero-order valence-corrected chi connectivity index (χ0v) is 21.2. The van der Waals surface area contributed by atoms with Crippen LogP contribution in [0, 0.1) is 12.7 Å². The number of amides is 3. The van der Waals surface area contributed by atoms with Crippen molar-refractivity contribution in [2.75, 3.05) is 10.2 Å². The van der Waals surface area contributed by atoms with E-state index < -0.39 is 11.9 Å². The molecule has 1 heterocycles. The van der Waals surface area contributed by atoms with E-state index in [0.717, 1.165) is 31.2 Å². The first-order valence-electron chi connectivity index (χ1n) is 13.0. The molecule has 196 valence electrons. The number of carbonyl (C=O) groups excluding carboxylic acids is 3. The molecule has 0 bridgehead atoms. The van der Waals surface area contributed by atoms with Crippen LogP contribution in [0.2, 0.25) is 0 Å². The molecule has 0 radical (unpaired) electrons. The molecule has 0 saturated heterocycles. The van der Waals surface area contributed by atoms with E-state index in [-0.39, 0.29) is 36.2 Å². The fourth-order valence-electron chi connectivity index (χ4n) is 5.33. The number of carbonyl (C=O) groups is 3. The van der Waals surface area contributed by atoms with Gasteiger partial charge >= 0.3 is 0 Å². The summed E-state index contributed by atoms with van der Waals surface area (Å²) in [5.74, 6) is -1.30. The van der Waals surface area contributed by atoms with E-state index in [1.807, 2.05) is 13.0 Å². The molecule has 3 aromatic rings. The molecule has 2 aliphatic rings. The zero-order chi connectivity index (χ0) is 26.8. The quantitative estimate of drug-likeness (QED) is 0.462. The Kier molecular flexibility index (Phi) is 7.24. The topological polar surface area (TPSA) is 105 Å². The SMILES string of the molecule is Cc1cccc(C(=O)N2c3ccc(C(=O)NC4CCCCC4N)cc3NC(=O)CC2c2ccc(F)cc2)c1. The first-order valence-corrected chi connectivity index (χ1v) is 13.0. The Labute approximate surface area is 221 Å². The molecule has 3 unspecified atom stereocenters. The maximum absolute atomic E-state index is 14.0. The van der Waals surface area contributed by atoms with Gasteiger partial charge in [-0.15, -0.1) is 0 Å². The Morgan fingerprint density at radius 3 is 2.50 bits per heavy atom. The Morgan fingerprint density at radius 2 is 1.76 bits per heavy atom. The van der Waals surface area contributed by atoms with E-state index in [4.69, 9.17) is 5.73 Å². The van der Waals surface area contributed by atoms with Gasteiger partial charge in [0.15, 0.2) is 0 Å². The van der Waals surface area contributed by atoms with E-state index in [1.54, 1.807) is 53.4 Å². The highest BCUT2D eigenvalue weighted by Gasteiger charge is 2.35. The summed E-state index contributed by atoms with van der Waals surface area (Å²) in [5.41, 5.74) is 9.42. The van der Waals surface area contributed by atoms with E-state index in [1.165, 1.54) is 12.1 Å². The highest BCUT2D eigenvalue weighted by atomic mass is 19.1. The molecule has 1 aliphatic carbocycles. The van der Waals surface area contributed by atoms with Gasteiger partial charge in [0.1, 0.15) is 5.82 Å². The van der Waals surface area contributed by atoms with E-state index in [0.29, 0.717) is 28.1 Å². The van der Waals surface area contributed by atoms with Gasteiger partial charge in [-0.3, -0.25) is 19.3 Å². The van der Waals surface area contributed by atoms with Crippen LogP contribution in [0.15, 0.2) is 66.7 Å². The van der Waals surface area contributed by atoms with Crippen LogP contribution >= 0.6 is 0 Å². The van der Waals surface area contributed by atoms with Crippen molar-refractivity contribution >= 4 is 29.1 Å². The van der Waals surface area contributed by atoms with Crippen molar-refractivity contribution < 1.29 is 18.8 Å². The average molecular weight is 515 g/mol. The van der Waals surface area contributed by atoms with Gasteiger partial charge in [0.25, 0.3) is 11.8 Å². The average Bonchev–Trinajstić information content (AvgIpc) is 3.05. The lowest BCUT2D eigenvalue weighted by atomic mass is 9.91. The van der Waals surface area contributed by atoms with Gasteiger partial charge in [-0.1, -0.05) is 42.7 Å². The summed E-state index contributed by atoms with van der Waals surface area (Å²) in [4.78, 5) is 41.7. The summed E-state index contributed by atoms with van der Waals surface area (Å²) in [5, 5.41) is 5.91. The monoisotopic (exact) mass is 514 g/mol. The number of hydrogen-bond donors (Lipinski definition) is 3. The normalized spacial score (nSPS) is 21.2. The third kappa shape index (κ3) is 5.31. The second kappa shape index (κ2) is 10.8. The van der Waals surface area contributed by atoms with Gasteiger partial charge < -0.3 is 16.4 Å². The van der Waals surface area contributed by atoms with E-state index in [2.05, 4.69) is 10.6 Å². The van der Waals surface area contributed by atoms with Crippen molar-refractivity contribution in [1.82, 2.24) is 5.32 Å². The van der Waals surface area contributed by atoms with Gasteiger partial charge in [0, 0.05) is 23.2 Å².